The molecule has 0 N–H and O–H groups in total. The van der Waals surface area contributed by atoms with Crippen molar-refractivity contribution in [3.8, 4) is 63.5 Å². The van der Waals surface area contributed by atoms with Gasteiger partial charge in [-0.2, -0.15) is 0 Å². The summed E-state index contributed by atoms with van der Waals surface area (Å²) in [5.41, 5.74) is 18.3. The standard InChI is InChI=1S/C64H50N2O4.C18H14N2O.C17H11NO2/c1-39-25-27-41(3)51(29-39)65-35-43-31-53(67-47-17-9-5-10-18-47)59-61-55(69-49-21-13-7-14-22-49)33-45-37-66(52-30-40(2)26-28-42(52)4)38-46-34-56(70-50-23-15-8-16-24-50)62(64(61)58(45)46)60-54(68-48-19-11-6-12-20-48)32-44(36-65)57(43)63(59)60;1-13-4-6-15(7-5-13)8-9-17-11-16(10-14(2)21-17)18(12-19)20-3;1-10-6-7-13-15(8-10)20-16-9-14(19)11-4-2-3-5-12(11)17(16)18-13/h5-34H,35-38H2,1-4H3;4-11H,1-2H3;2-9H,1H3/b;9-8+,18-16+;. The molecule has 111 heavy (non-hydrogen) atoms. The Morgan fingerprint density at radius 2 is 0.865 bits per heavy atom. The summed E-state index contributed by atoms with van der Waals surface area (Å²) < 4.78 is 40.5. The van der Waals surface area contributed by atoms with E-state index in [0.717, 1.165) is 106 Å². The SMILES string of the molecule is Cc1ccc(C)c(N2Cc3cc(Oc4ccccc4)c4c5c(Oc6ccccc6)cc6c7c(cc(Oc8ccccc8)c(c8c(Oc9ccccc9)cc(c3c48)C2)c75)CN(c2cc(C)ccc2C)C6)c1.Cc1ccc2nc3c4ccccc4c(=O)cc-3oc2c1.[C-]#[N+]/C(C#N)=C1\C=C(C)OC(/C=C/c2ccc(C)cc2)=C1. The maximum absolute atomic E-state index is 12.1. The van der Waals surface area contributed by atoms with Crippen LogP contribution in [0.1, 0.15) is 68.1 Å². The lowest BCUT2D eigenvalue weighted by molar-refractivity contribution is 0.318. The van der Waals surface area contributed by atoms with Gasteiger partial charge in [0.25, 0.3) is 5.70 Å². The van der Waals surface area contributed by atoms with Gasteiger partial charge in [0.15, 0.2) is 16.8 Å². The van der Waals surface area contributed by atoms with E-state index in [1.54, 1.807) is 19.1 Å². The van der Waals surface area contributed by atoms with Crippen LogP contribution in [-0.4, -0.2) is 4.98 Å². The second kappa shape index (κ2) is 29.5. The molecule has 14 aromatic rings. The molecule has 0 saturated carbocycles. The van der Waals surface area contributed by atoms with E-state index in [4.69, 9.17) is 39.9 Å². The lowest BCUT2D eigenvalue weighted by Gasteiger charge is -2.36. The smallest absolute Gasteiger partial charge is 0.269 e. The third-order valence-corrected chi connectivity index (χ3v) is 20.7. The van der Waals surface area contributed by atoms with Gasteiger partial charge in [-0.3, -0.25) is 4.79 Å². The average Bonchev–Trinajstić information content (AvgIpc) is 0.677. The fraction of sp³-hybridized carbons (Fsp3) is 0.111. The number of aromatic nitrogens is 1. The van der Waals surface area contributed by atoms with Crippen LogP contribution in [0, 0.1) is 59.4 Å². The summed E-state index contributed by atoms with van der Waals surface area (Å²) in [6, 6.07) is 88.2. The largest absolute Gasteiger partial charge is 0.462 e. The summed E-state index contributed by atoms with van der Waals surface area (Å²) >= 11 is 0. The van der Waals surface area contributed by atoms with Gasteiger partial charge >= 0.3 is 0 Å². The predicted molar refractivity (Wildman–Crippen MR) is 447 cm³/mol. The fourth-order valence-electron chi connectivity index (χ4n) is 15.6. The summed E-state index contributed by atoms with van der Waals surface area (Å²) in [4.78, 5) is 25.0. The maximum atomic E-state index is 12.1. The van der Waals surface area contributed by atoms with E-state index >= 15 is 0 Å². The summed E-state index contributed by atoms with van der Waals surface area (Å²) in [5, 5.41) is 18.9. The Morgan fingerprint density at radius 3 is 1.31 bits per heavy atom. The summed E-state index contributed by atoms with van der Waals surface area (Å²) in [5.74, 6) is 7.83. The molecule has 19 rings (SSSR count). The Hall–Kier alpha value is -14.2. The van der Waals surface area contributed by atoms with Crippen LogP contribution in [0.5, 0.6) is 46.0 Å². The number of aryl methyl sites for hydroxylation is 6. The molecule has 0 spiro atoms. The fourth-order valence-corrected chi connectivity index (χ4v) is 15.6. The molecule has 0 unspecified atom stereocenters. The lowest BCUT2D eigenvalue weighted by Crippen LogP contribution is -2.27. The van der Waals surface area contributed by atoms with E-state index in [0.29, 0.717) is 60.0 Å². The first-order chi connectivity index (χ1) is 54.1. The zero-order chi connectivity index (χ0) is 76.0. The Kier molecular flexibility index (Phi) is 18.6. The summed E-state index contributed by atoms with van der Waals surface area (Å²) in [6.07, 6.45) is 7.17. The van der Waals surface area contributed by atoms with Gasteiger partial charge in [-0.1, -0.05) is 163 Å². The van der Waals surface area contributed by atoms with Gasteiger partial charge in [0.05, 0.1) is 12.6 Å². The van der Waals surface area contributed by atoms with Gasteiger partial charge < -0.3 is 37.9 Å². The first-order valence-corrected chi connectivity index (χ1v) is 37.1. The van der Waals surface area contributed by atoms with Crippen molar-refractivity contribution in [2.45, 2.75) is 74.6 Å². The van der Waals surface area contributed by atoms with Crippen LogP contribution in [0.15, 0.2) is 305 Å². The Labute approximate surface area is 643 Å². The minimum absolute atomic E-state index is 0.0364. The van der Waals surface area contributed by atoms with Crippen molar-refractivity contribution < 1.29 is 28.1 Å². The molecule has 0 amide bonds. The number of rotatable bonds is 12. The number of anilines is 2. The highest BCUT2D eigenvalue weighted by Gasteiger charge is 2.35. The van der Waals surface area contributed by atoms with Crippen LogP contribution in [0.3, 0.4) is 0 Å². The van der Waals surface area contributed by atoms with E-state index in [9.17, 15) is 4.79 Å². The van der Waals surface area contributed by atoms with Gasteiger partial charge in [-0.15, -0.1) is 0 Å². The molecule has 1 aliphatic carbocycles. The second-order valence-corrected chi connectivity index (χ2v) is 28.7. The third kappa shape index (κ3) is 13.8. The average molecular weight is 1450 g/mol. The van der Waals surface area contributed by atoms with E-state index in [2.05, 4.69) is 108 Å². The molecule has 12 nitrogen and oxygen atoms in total. The van der Waals surface area contributed by atoms with Crippen LogP contribution in [-0.2, 0) is 30.9 Å². The zero-order valence-corrected chi connectivity index (χ0v) is 62.5. The number of allylic oxidation sites excluding steroid dienone is 6. The van der Waals surface area contributed by atoms with Crippen LogP contribution in [0.4, 0.5) is 11.4 Å². The Balaban J connectivity index is 0.000000176. The van der Waals surface area contributed by atoms with Crippen LogP contribution >= 0.6 is 0 Å². The Morgan fingerprint density at radius 1 is 0.450 bits per heavy atom. The number of hydrogen-bond acceptors (Lipinski definition) is 11. The normalized spacial score (nSPS) is 13.5. The molecule has 4 aliphatic heterocycles. The van der Waals surface area contributed by atoms with Gasteiger partial charge in [-0.25, -0.2) is 15.1 Å². The molecule has 5 aliphatic rings. The molecule has 538 valence electrons. The summed E-state index contributed by atoms with van der Waals surface area (Å²) in [6.45, 7) is 24.3. The van der Waals surface area contributed by atoms with Gasteiger partial charge in [0.1, 0.15) is 68.7 Å². The molecule has 4 heterocycles. The minimum Gasteiger partial charge on any atom is -0.462 e. The first-order valence-electron chi connectivity index (χ1n) is 37.1. The molecular weight excluding hydrogens is 1370 g/mol. The quantitative estimate of drug-likeness (QED) is 0.0503. The third-order valence-electron chi connectivity index (χ3n) is 20.7. The van der Waals surface area contributed by atoms with E-state index in [1.807, 2.05) is 220 Å². The molecule has 0 atom stereocenters. The zero-order valence-electron chi connectivity index (χ0n) is 62.5. The number of ether oxygens (including phenoxy) is 5. The number of benzene rings is 15. The second-order valence-electron chi connectivity index (χ2n) is 28.7. The van der Waals surface area contributed by atoms with Crippen molar-refractivity contribution in [1.29, 1.82) is 5.26 Å². The highest BCUT2D eigenvalue weighted by molar-refractivity contribution is 6.39. The number of nitriles is 1. The molecule has 12 heteroatoms. The summed E-state index contributed by atoms with van der Waals surface area (Å²) in [7, 11) is 0. The highest BCUT2D eigenvalue weighted by Crippen LogP contribution is 2.58. The Bertz CT molecular complexity index is 6150. The van der Waals surface area contributed by atoms with Gasteiger partial charge in [0.2, 0.25) is 0 Å². The van der Waals surface area contributed by atoms with Crippen molar-refractivity contribution in [1.82, 2.24) is 4.98 Å². The van der Waals surface area contributed by atoms with Crippen LogP contribution in [0.25, 0.3) is 87.3 Å². The van der Waals surface area contributed by atoms with Crippen molar-refractivity contribution in [2.24, 2.45) is 0 Å². The van der Waals surface area contributed by atoms with Crippen LogP contribution in [0.2, 0.25) is 0 Å². The number of hydrogen-bond donors (Lipinski definition) is 0. The molecule has 0 saturated heterocycles. The number of para-hydroxylation sites is 4. The number of fused-ring (bicyclic) bond motifs is 6. The van der Waals surface area contributed by atoms with Gasteiger partial charge in [0, 0.05) is 86.7 Å². The molecule has 14 aromatic carbocycles. The monoisotopic (exact) mass is 1450 g/mol. The molecule has 0 fully saturated rings. The highest BCUT2D eigenvalue weighted by atomic mass is 16.5. The predicted octanol–water partition coefficient (Wildman–Crippen LogP) is 25.5. The van der Waals surface area contributed by atoms with Crippen molar-refractivity contribution in [2.75, 3.05) is 9.80 Å². The molecule has 0 aromatic heterocycles. The van der Waals surface area contributed by atoms with Crippen molar-refractivity contribution >= 4 is 82.4 Å². The molecule has 0 radical (unpaired) electrons. The van der Waals surface area contributed by atoms with Crippen molar-refractivity contribution in [3.63, 3.8) is 0 Å². The van der Waals surface area contributed by atoms with E-state index in [1.165, 1.54) is 78.3 Å². The van der Waals surface area contributed by atoms with E-state index < -0.39 is 0 Å². The number of nitrogens with zero attached hydrogens (tertiary/aromatic N) is 5. The minimum atomic E-state index is -0.0364. The van der Waals surface area contributed by atoms with E-state index in [-0.39, 0.29) is 11.1 Å². The topological polar surface area (TPSA) is 124 Å². The first kappa shape index (κ1) is 69.8. The van der Waals surface area contributed by atoms with Gasteiger partial charge in [-0.05, 0) is 236 Å². The maximum Gasteiger partial charge on any atom is 0.269 e. The molecule has 0 bridgehead atoms. The van der Waals surface area contributed by atoms with Crippen molar-refractivity contribution in [3.05, 3.63) is 379 Å². The van der Waals surface area contributed by atoms with Crippen LogP contribution < -0.4 is 34.2 Å². The lowest BCUT2D eigenvalue weighted by atomic mass is 9.81. The molecular formula is C99H75N5O7.